The predicted molar refractivity (Wildman–Crippen MR) is 47.3 cm³/mol. The lowest BCUT2D eigenvalue weighted by atomic mass is 10.4. The van der Waals surface area contributed by atoms with Gasteiger partial charge in [-0.25, -0.2) is 0 Å². The Morgan fingerprint density at radius 1 is 1.50 bits per heavy atom. The summed E-state index contributed by atoms with van der Waals surface area (Å²) in [4.78, 5) is 10.9. The van der Waals surface area contributed by atoms with Gasteiger partial charge in [-0.3, -0.25) is 4.79 Å². The molecule has 0 aromatic carbocycles. The second kappa shape index (κ2) is 5.50. The molecule has 0 atom stereocenters. The van der Waals surface area contributed by atoms with Crippen LogP contribution in [0.25, 0.3) is 0 Å². The second-order valence-corrected chi connectivity index (χ2v) is 2.99. The minimum atomic E-state index is -4.39. The summed E-state index contributed by atoms with van der Waals surface area (Å²) in [5, 5.41) is 7.90. The van der Waals surface area contributed by atoms with Crippen LogP contribution in [-0.2, 0) is 11.3 Å². The monoisotopic (exact) mass is 237 g/mol. The molecular formula is C8H10F3N3O2. The first-order valence-corrected chi connectivity index (χ1v) is 4.41. The van der Waals surface area contributed by atoms with E-state index < -0.39 is 18.6 Å². The molecule has 1 rings (SSSR count). The molecule has 90 valence electrons. The lowest BCUT2D eigenvalue weighted by molar-refractivity contribution is -0.137. The van der Waals surface area contributed by atoms with Crippen molar-refractivity contribution in [1.29, 1.82) is 0 Å². The maximum absolute atomic E-state index is 11.7. The van der Waals surface area contributed by atoms with Crippen LogP contribution in [0.4, 0.5) is 13.2 Å². The van der Waals surface area contributed by atoms with Gasteiger partial charge in [-0.1, -0.05) is 5.16 Å². The SMILES string of the molecule is O=C(CNCc1ccon1)NCC(F)(F)F. The summed E-state index contributed by atoms with van der Waals surface area (Å²) in [7, 11) is 0. The average molecular weight is 237 g/mol. The Kier molecular flexibility index (Phi) is 4.29. The molecule has 0 spiro atoms. The van der Waals surface area contributed by atoms with Gasteiger partial charge in [-0.2, -0.15) is 13.2 Å². The number of hydrogen-bond donors (Lipinski definition) is 2. The molecular weight excluding hydrogens is 227 g/mol. The van der Waals surface area contributed by atoms with Gasteiger partial charge in [0.1, 0.15) is 12.8 Å². The topological polar surface area (TPSA) is 67.2 Å². The van der Waals surface area contributed by atoms with Crippen molar-refractivity contribution in [2.24, 2.45) is 0 Å². The van der Waals surface area contributed by atoms with Crippen LogP contribution in [0.1, 0.15) is 5.69 Å². The fourth-order valence-electron chi connectivity index (χ4n) is 0.894. The summed E-state index contributed by atoms with van der Waals surface area (Å²) in [5.74, 6) is -0.721. The summed E-state index contributed by atoms with van der Waals surface area (Å²) >= 11 is 0. The first-order valence-electron chi connectivity index (χ1n) is 4.41. The summed E-state index contributed by atoms with van der Waals surface area (Å²) in [6, 6.07) is 1.58. The van der Waals surface area contributed by atoms with Crippen molar-refractivity contribution >= 4 is 5.91 Å². The molecule has 1 aromatic heterocycles. The lowest BCUT2D eigenvalue weighted by Gasteiger charge is -2.08. The molecule has 8 heteroatoms. The van der Waals surface area contributed by atoms with Gasteiger partial charge in [0.05, 0.1) is 12.2 Å². The van der Waals surface area contributed by atoms with E-state index in [-0.39, 0.29) is 13.1 Å². The summed E-state index contributed by atoms with van der Waals surface area (Å²) in [5.41, 5.74) is 0.573. The van der Waals surface area contributed by atoms with Gasteiger partial charge >= 0.3 is 6.18 Å². The van der Waals surface area contributed by atoms with Gasteiger partial charge in [0.25, 0.3) is 0 Å². The van der Waals surface area contributed by atoms with Crippen LogP contribution >= 0.6 is 0 Å². The van der Waals surface area contributed by atoms with Crippen LogP contribution in [0.15, 0.2) is 16.9 Å². The molecule has 0 bridgehead atoms. The minimum absolute atomic E-state index is 0.205. The summed E-state index contributed by atoms with van der Waals surface area (Å²) < 4.78 is 39.6. The Bertz CT molecular complexity index is 324. The average Bonchev–Trinajstić information content (AvgIpc) is 2.66. The smallest absolute Gasteiger partial charge is 0.364 e. The first kappa shape index (κ1) is 12.5. The molecule has 0 radical (unpaired) electrons. The summed E-state index contributed by atoms with van der Waals surface area (Å²) in [6.07, 6.45) is -3.03. The van der Waals surface area contributed by atoms with Crippen LogP contribution in [-0.4, -0.2) is 30.3 Å². The molecule has 0 aliphatic heterocycles. The molecule has 0 fully saturated rings. The van der Waals surface area contributed by atoms with Crippen LogP contribution in [0.2, 0.25) is 0 Å². The van der Waals surface area contributed by atoms with E-state index in [2.05, 4.69) is 15.0 Å². The number of nitrogens with zero attached hydrogens (tertiary/aromatic N) is 1. The van der Waals surface area contributed by atoms with Crippen molar-refractivity contribution in [2.75, 3.05) is 13.1 Å². The first-order chi connectivity index (χ1) is 7.47. The van der Waals surface area contributed by atoms with Gasteiger partial charge in [-0.05, 0) is 0 Å². The number of alkyl halides is 3. The zero-order chi connectivity index (χ0) is 12.0. The Hall–Kier alpha value is -1.57. The van der Waals surface area contributed by atoms with E-state index >= 15 is 0 Å². The van der Waals surface area contributed by atoms with E-state index in [1.165, 1.54) is 6.26 Å². The molecule has 1 heterocycles. The Morgan fingerprint density at radius 3 is 2.81 bits per heavy atom. The zero-order valence-corrected chi connectivity index (χ0v) is 8.17. The van der Waals surface area contributed by atoms with Gasteiger partial charge < -0.3 is 15.2 Å². The normalized spacial score (nSPS) is 11.4. The third kappa shape index (κ3) is 5.35. The standard InChI is InChI=1S/C8H10F3N3O2/c9-8(10,11)5-13-7(15)4-12-3-6-1-2-16-14-6/h1-2,12H,3-5H2,(H,13,15). The number of rotatable bonds is 5. The molecule has 0 saturated heterocycles. The number of halogens is 3. The van der Waals surface area contributed by atoms with Crippen LogP contribution in [0.5, 0.6) is 0 Å². The van der Waals surface area contributed by atoms with Crippen molar-refractivity contribution in [3.63, 3.8) is 0 Å². The molecule has 1 aromatic rings. The number of carbonyl (C=O) groups excluding carboxylic acids is 1. The molecule has 16 heavy (non-hydrogen) atoms. The van der Waals surface area contributed by atoms with Crippen molar-refractivity contribution in [1.82, 2.24) is 15.8 Å². The highest BCUT2D eigenvalue weighted by Crippen LogP contribution is 2.11. The van der Waals surface area contributed by atoms with E-state index in [4.69, 9.17) is 0 Å². The van der Waals surface area contributed by atoms with Crippen LogP contribution < -0.4 is 10.6 Å². The molecule has 0 unspecified atom stereocenters. The van der Waals surface area contributed by atoms with E-state index in [0.29, 0.717) is 5.69 Å². The maximum atomic E-state index is 11.7. The van der Waals surface area contributed by atoms with Gasteiger partial charge in [-0.15, -0.1) is 0 Å². The number of carbonyl (C=O) groups is 1. The van der Waals surface area contributed by atoms with Crippen molar-refractivity contribution < 1.29 is 22.5 Å². The third-order valence-corrected chi connectivity index (χ3v) is 1.57. The van der Waals surface area contributed by atoms with Gasteiger partial charge in [0.2, 0.25) is 5.91 Å². The highest BCUT2D eigenvalue weighted by Gasteiger charge is 2.27. The minimum Gasteiger partial charge on any atom is -0.364 e. The maximum Gasteiger partial charge on any atom is 0.405 e. The van der Waals surface area contributed by atoms with E-state index in [1.54, 1.807) is 11.4 Å². The Labute approximate surface area is 89.0 Å². The number of aromatic nitrogens is 1. The quantitative estimate of drug-likeness (QED) is 0.780. The fraction of sp³-hybridized carbons (Fsp3) is 0.500. The Balaban J connectivity index is 2.11. The van der Waals surface area contributed by atoms with Crippen LogP contribution in [0.3, 0.4) is 0 Å². The van der Waals surface area contributed by atoms with Crippen molar-refractivity contribution in [2.45, 2.75) is 12.7 Å². The largest absolute Gasteiger partial charge is 0.405 e. The highest BCUT2D eigenvalue weighted by atomic mass is 19.4. The zero-order valence-electron chi connectivity index (χ0n) is 8.17. The third-order valence-electron chi connectivity index (χ3n) is 1.57. The molecule has 0 aliphatic carbocycles. The predicted octanol–water partition coefficient (Wildman–Crippen LogP) is 0.443. The lowest BCUT2D eigenvalue weighted by Crippen LogP contribution is -2.39. The van der Waals surface area contributed by atoms with Crippen molar-refractivity contribution in [3.8, 4) is 0 Å². The van der Waals surface area contributed by atoms with E-state index in [9.17, 15) is 18.0 Å². The van der Waals surface area contributed by atoms with Gasteiger partial charge in [0, 0.05) is 12.6 Å². The van der Waals surface area contributed by atoms with E-state index in [0.717, 1.165) is 0 Å². The second-order valence-electron chi connectivity index (χ2n) is 2.99. The Morgan fingerprint density at radius 2 is 2.25 bits per heavy atom. The number of amides is 1. The van der Waals surface area contributed by atoms with Crippen molar-refractivity contribution in [3.05, 3.63) is 18.0 Å². The molecule has 0 saturated carbocycles. The number of nitrogens with one attached hydrogen (secondary N) is 2. The fourth-order valence-corrected chi connectivity index (χ4v) is 0.894. The molecule has 5 nitrogen and oxygen atoms in total. The number of hydrogen-bond acceptors (Lipinski definition) is 4. The van der Waals surface area contributed by atoms with Gasteiger partial charge in [0.15, 0.2) is 0 Å². The highest BCUT2D eigenvalue weighted by molar-refractivity contribution is 5.77. The molecule has 2 N–H and O–H groups in total. The summed E-state index contributed by atoms with van der Waals surface area (Å²) in [6.45, 7) is -1.27. The van der Waals surface area contributed by atoms with Crippen LogP contribution in [0, 0.1) is 0 Å². The molecule has 0 aliphatic rings. The van der Waals surface area contributed by atoms with E-state index in [1.807, 2.05) is 0 Å². The molecule has 1 amide bonds.